The van der Waals surface area contributed by atoms with Gasteiger partial charge in [0.2, 0.25) is 0 Å². The van der Waals surface area contributed by atoms with E-state index in [9.17, 15) is 13.0 Å². The highest BCUT2D eigenvalue weighted by atomic mass is 32.2. The molecule has 0 N–H and O–H groups in total. The highest BCUT2D eigenvalue weighted by Crippen LogP contribution is 2.42. The fourth-order valence-electron chi connectivity index (χ4n) is 2.10. The number of hydrogen-bond acceptors (Lipinski definition) is 7. The summed E-state index contributed by atoms with van der Waals surface area (Å²) in [6.45, 7) is 5.18. The van der Waals surface area contributed by atoms with Crippen LogP contribution in [0, 0.1) is 13.8 Å². The number of fused-ring (bicyclic) bond motifs is 1. The van der Waals surface area contributed by atoms with Crippen molar-refractivity contribution in [1.82, 2.24) is 0 Å². The first kappa shape index (κ1) is 16.5. The Morgan fingerprint density at radius 2 is 1.76 bits per heavy atom. The summed E-state index contributed by atoms with van der Waals surface area (Å²) in [6.07, 6.45) is 0.646. The van der Waals surface area contributed by atoms with Crippen LogP contribution < -0.4 is 9.47 Å². The highest BCUT2D eigenvalue weighted by molar-refractivity contribution is 7.85. The Balaban J connectivity index is 1.74. The molecule has 0 amide bonds. The third-order valence-electron chi connectivity index (χ3n) is 3.12. The first-order chi connectivity index (χ1) is 9.87. The van der Waals surface area contributed by atoms with Gasteiger partial charge in [-0.05, 0) is 26.7 Å². The summed E-state index contributed by atoms with van der Waals surface area (Å²) >= 11 is 1.64. The number of hydrogen-bond donors (Lipinski definition) is 0. The van der Waals surface area contributed by atoms with Crippen LogP contribution in [0.5, 0.6) is 11.5 Å². The lowest BCUT2D eigenvalue weighted by Crippen LogP contribution is -2.27. The molecule has 0 radical (unpaired) electrons. The van der Waals surface area contributed by atoms with Crippen molar-refractivity contribution in [3.05, 3.63) is 9.75 Å². The zero-order valence-corrected chi connectivity index (χ0v) is 13.7. The molecule has 0 saturated carbocycles. The molecule has 0 aromatic carbocycles. The molecule has 1 aliphatic heterocycles. The molecule has 2 heterocycles. The van der Waals surface area contributed by atoms with Gasteiger partial charge in [0, 0.05) is 22.1 Å². The molecule has 0 atom stereocenters. The van der Waals surface area contributed by atoms with Gasteiger partial charge in [-0.3, -0.25) is 0 Å². The zero-order chi connectivity index (χ0) is 15.5. The average Bonchev–Trinajstić information content (AvgIpc) is 2.56. The summed E-state index contributed by atoms with van der Waals surface area (Å²) in [5.41, 5.74) is 0. The molecule has 0 aliphatic carbocycles. The minimum atomic E-state index is -4.13. The van der Waals surface area contributed by atoms with Crippen LogP contribution in [-0.2, 0) is 14.9 Å². The van der Waals surface area contributed by atoms with Gasteiger partial charge < -0.3 is 18.8 Å². The monoisotopic (exact) mass is 335 g/mol. The molecule has 21 heavy (non-hydrogen) atoms. The van der Waals surface area contributed by atoms with E-state index in [-0.39, 0.29) is 11.9 Å². The smallest absolute Gasteiger partial charge is 0.175 e. The molecule has 0 bridgehead atoms. The molecule has 2 rings (SSSR count). The van der Waals surface area contributed by atoms with Crippen molar-refractivity contribution in [2.75, 3.05) is 25.6 Å². The molecular formula is C13H19O6S2-. The molecule has 120 valence electrons. The van der Waals surface area contributed by atoms with E-state index in [2.05, 4.69) is 0 Å². The van der Waals surface area contributed by atoms with Crippen molar-refractivity contribution < 1.29 is 27.2 Å². The summed E-state index contributed by atoms with van der Waals surface area (Å²) in [7, 11) is -4.13. The van der Waals surface area contributed by atoms with Crippen LogP contribution in [0.25, 0.3) is 0 Å². The van der Waals surface area contributed by atoms with Crippen molar-refractivity contribution in [3.63, 3.8) is 0 Å². The van der Waals surface area contributed by atoms with Crippen molar-refractivity contribution in [3.8, 4) is 11.5 Å². The Morgan fingerprint density at radius 1 is 1.19 bits per heavy atom. The van der Waals surface area contributed by atoms with Gasteiger partial charge in [-0.25, -0.2) is 8.42 Å². The van der Waals surface area contributed by atoms with Crippen LogP contribution in [-0.4, -0.2) is 44.6 Å². The van der Waals surface area contributed by atoms with E-state index in [0.717, 1.165) is 21.3 Å². The van der Waals surface area contributed by atoms with Crippen molar-refractivity contribution in [1.29, 1.82) is 0 Å². The summed E-state index contributed by atoms with van der Waals surface area (Å²) in [4.78, 5) is 2.17. The molecule has 6 nitrogen and oxygen atoms in total. The maximum atomic E-state index is 10.5. The maximum Gasteiger partial charge on any atom is 0.175 e. The molecule has 0 fully saturated rings. The summed E-state index contributed by atoms with van der Waals surface area (Å²) in [5, 5.41) is 0. The van der Waals surface area contributed by atoms with Gasteiger partial charge in [0.25, 0.3) is 0 Å². The van der Waals surface area contributed by atoms with Crippen LogP contribution in [0.3, 0.4) is 0 Å². The van der Waals surface area contributed by atoms with Gasteiger partial charge in [0.1, 0.15) is 19.3 Å². The van der Waals surface area contributed by atoms with Gasteiger partial charge in [-0.15, -0.1) is 11.3 Å². The summed E-state index contributed by atoms with van der Waals surface area (Å²) in [6, 6.07) is 0. The Bertz CT molecular complexity index is 549. The fourth-order valence-corrected chi connectivity index (χ4v) is 3.61. The molecule has 0 spiro atoms. The van der Waals surface area contributed by atoms with E-state index >= 15 is 0 Å². The summed E-state index contributed by atoms with van der Waals surface area (Å²) < 4.78 is 48.5. The standard InChI is InChI=1S/C13H20O6S2/c1-9-12-13(10(2)20-9)19-8-11(7-18-12)17-5-3-4-6-21(14,15)16/h11H,3-8H2,1-2H3,(H,14,15,16)/p-1. The number of unbranched alkanes of at least 4 members (excludes halogenated alkanes) is 1. The normalized spacial score (nSPS) is 16.0. The number of rotatable bonds is 6. The third kappa shape index (κ3) is 4.84. The van der Waals surface area contributed by atoms with E-state index in [0.29, 0.717) is 32.7 Å². The Morgan fingerprint density at radius 3 is 2.29 bits per heavy atom. The lowest BCUT2D eigenvalue weighted by molar-refractivity contribution is 0.00148. The number of ether oxygens (including phenoxy) is 3. The maximum absolute atomic E-state index is 10.5. The van der Waals surface area contributed by atoms with E-state index in [1.807, 2.05) is 13.8 Å². The quantitative estimate of drug-likeness (QED) is 0.582. The van der Waals surface area contributed by atoms with Gasteiger partial charge in [-0.1, -0.05) is 0 Å². The molecule has 0 unspecified atom stereocenters. The van der Waals surface area contributed by atoms with Crippen molar-refractivity contribution in [2.24, 2.45) is 0 Å². The van der Waals surface area contributed by atoms with Crippen LogP contribution >= 0.6 is 11.3 Å². The molecular weight excluding hydrogens is 316 g/mol. The van der Waals surface area contributed by atoms with E-state index in [1.54, 1.807) is 11.3 Å². The van der Waals surface area contributed by atoms with Crippen LogP contribution in [0.1, 0.15) is 22.6 Å². The van der Waals surface area contributed by atoms with Gasteiger partial charge in [-0.2, -0.15) is 0 Å². The second-order valence-corrected chi connectivity index (χ2v) is 7.91. The Hall–Kier alpha value is -0.830. The van der Waals surface area contributed by atoms with Crippen LogP contribution in [0.2, 0.25) is 0 Å². The highest BCUT2D eigenvalue weighted by Gasteiger charge is 2.23. The lowest BCUT2D eigenvalue weighted by atomic mass is 10.3. The van der Waals surface area contributed by atoms with Gasteiger partial charge in [0.05, 0.1) is 10.1 Å². The van der Waals surface area contributed by atoms with Crippen molar-refractivity contribution >= 4 is 21.5 Å². The predicted molar refractivity (Wildman–Crippen MR) is 78.3 cm³/mol. The second kappa shape index (κ2) is 6.95. The van der Waals surface area contributed by atoms with Crippen LogP contribution in [0.4, 0.5) is 0 Å². The fraction of sp³-hybridized carbons (Fsp3) is 0.692. The number of aryl methyl sites for hydroxylation is 2. The van der Waals surface area contributed by atoms with E-state index < -0.39 is 10.1 Å². The minimum absolute atomic E-state index is 0.190. The van der Waals surface area contributed by atoms with E-state index in [4.69, 9.17) is 14.2 Å². The zero-order valence-electron chi connectivity index (χ0n) is 12.1. The average molecular weight is 335 g/mol. The topological polar surface area (TPSA) is 84.9 Å². The Labute approximate surface area is 128 Å². The molecule has 1 aromatic heterocycles. The molecule has 1 aliphatic rings. The van der Waals surface area contributed by atoms with Crippen LogP contribution in [0.15, 0.2) is 0 Å². The van der Waals surface area contributed by atoms with Gasteiger partial charge in [0.15, 0.2) is 11.5 Å². The summed E-state index contributed by atoms with van der Waals surface area (Å²) in [5.74, 6) is 1.24. The lowest BCUT2D eigenvalue weighted by Gasteiger charge is -2.15. The first-order valence-corrected chi connectivity index (χ1v) is 9.17. The predicted octanol–water partition coefficient (Wildman–Crippen LogP) is 1.85. The third-order valence-corrected chi connectivity index (χ3v) is 4.89. The first-order valence-electron chi connectivity index (χ1n) is 6.77. The van der Waals surface area contributed by atoms with E-state index in [1.165, 1.54) is 0 Å². The second-order valence-electron chi connectivity index (χ2n) is 4.96. The molecule has 0 saturated heterocycles. The Kier molecular flexibility index (Phi) is 5.48. The van der Waals surface area contributed by atoms with Crippen molar-refractivity contribution in [2.45, 2.75) is 32.8 Å². The molecule has 8 heteroatoms. The largest absolute Gasteiger partial charge is 0.748 e. The van der Waals surface area contributed by atoms with Gasteiger partial charge >= 0.3 is 0 Å². The molecule has 1 aromatic rings. The minimum Gasteiger partial charge on any atom is -0.748 e. The SMILES string of the molecule is Cc1sc(C)c2c1OCC(OCCCCS(=O)(=O)[O-])CO2. The number of thiophene rings is 1.